The number of rotatable bonds is 13. The Morgan fingerprint density at radius 3 is 2.51 bits per heavy atom. The SMILES string of the molecule is C[C@]1(O)CC[C@H](CNc2ccc(S(=O)(=O)NC(=O)c3ccc(N4CCC5(CC4)CC(N4CCOC[C@H]4c4ccccc4OC4CCC4)C5)cc3N3c4cc5cc[nH]c5nc4O[C@H]4COCC[C@@H]43)cc2[N+](=O)[O-])CC1. The molecule has 2 aromatic heterocycles. The molecule has 0 bridgehead atoms. The highest BCUT2D eigenvalue weighted by molar-refractivity contribution is 7.90. The van der Waals surface area contributed by atoms with Crippen LogP contribution in [0.25, 0.3) is 11.0 Å². The smallest absolute Gasteiger partial charge is 0.293 e. The molecule has 3 saturated heterocycles. The molecule has 3 saturated carbocycles. The molecular weight excluding hydrogens is 965 g/mol. The molecule has 4 aliphatic heterocycles. The number of H-pyrrole nitrogens is 1. The molecule has 12 rings (SSSR count). The van der Waals surface area contributed by atoms with E-state index in [-0.39, 0.29) is 34.7 Å². The van der Waals surface area contributed by atoms with Crippen LogP contribution in [0.1, 0.15) is 106 Å². The summed E-state index contributed by atoms with van der Waals surface area (Å²) < 4.78 is 55.7. The minimum atomic E-state index is -4.63. The first kappa shape index (κ1) is 48.9. The molecule has 1 amide bonds. The topological polar surface area (TPSA) is 214 Å². The van der Waals surface area contributed by atoms with E-state index < -0.39 is 43.1 Å². The van der Waals surface area contributed by atoms with Gasteiger partial charge in [0.25, 0.3) is 21.6 Å². The molecule has 3 aliphatic carbocycles. The van der Waals surface area contributed by atoms with Crippen LogP contribution in [0.5, 0.6) is 11.6 Å². The third-order valence-corrected chi connectivity index (χ3v) is 18.7. The number of carbonyl (C=O) groups is 1. The number of hydrogen-bond acceptors (Lipinski definition) is 15. The maximum Gasteiger partial charge on any atom is 0.293 e. The Balaban J connectivity index is 0.805. The van der Waals surface area contributed by atoms with Gasteiger partial charge in [-0.05, 0) is 144 Å². The Kier molecular flexibility index (Phi) is 13.0. The Bertz CT molecular complexity index is 3030. The van der Waals surface area contributed by atoms with Crippen LogP contribution in [0.2, 0.25) is 0 Å². The fraction of sp³-hybridized carbons (Fsp3) is 0.527. The predicted molar refractivity (Wildman–Crippen MR) is 279 cm³/mol. The zero-order valence-electron chi connectivity index (χ0n) is 41.9. The molecule has 5 aromatic rings. The highest BCUT2D eigenvalue weighted by Crippen LogP contribution is 2.54. The molecule has 0 radical (unpaired) electrons. The standard InChI is InChI=1S/C55H66N8O10S/c1-54(65)17-13-35(14-18-54)32-57-43-12-10-40(29-46(43)63(66)67)74(68,69)59-52(64)42-11-9-37(28-45(42)62-44-16-25-70-34-50(44)73-53-47(62)27-36-15-21-56-51(36)58-53)60-22-19-55(20-23-60)30-38(31-55)61-24-26-71-33-48(61)41-7-2-3-8-49(41)72-39-5-4-6-39/h2-3,7-12,15,21,27-29,35,38-39,44,48,50,57,65H,4-6,13-14,16-20,22-26,30-34H2,1H3,(H,56,58)(H,59,64)/t35-,44-,48-,50-,54-/m0/s1. The Labute approximate surface area is 431 Å². The number of hydrogen-bond donors (Lipinski definition) is 4. The number of aromatic amines is 1. The van der Waals surface area contributed by atoms with Crippen LogP contribution in [-0.4, -0.2) is 122 Å². The van der Waals surface area contributed by atoms with E-state index in [4.69, 9.17) is 23.9 Å². The minimum Gasteiger partial charge on any atom is -0.490 e. The molecular formula is C55H66N8O10S. The number of nitro benzene ring substituents is 1. The van der Waals surface area contributed by atoms with Crippen molar-refractivity contribution in [2.75, 3.05) is 67.7 Å². The quantitative estimate of drug-likeness (QED) is 0.0644. The Hall–Kier alpha value is -5.99. The van der Waals surface area contributed by atoms with Gasteiger partial charge in [-0.15, -0.1) is 0 Å². The molecule has 6 heterocycles. The number of carbonyl (C=O) groups excluding carboxylic acids is 1. The number of benzene rings is 3. The summed E-state index contributed by atoms with van der Waals surface area (Å²) in [6.07, 6.45) is 12.7. The molecule has 392 valence electrons. The average Bonchev–Trinajstić information content (AvgIpc) is 3.84. The number of piperidine rings is 1. The van der Waals surface area contributed by atoms with Crippen molar-refractivity contribution in [3.05, 3.63) is 100 Å². The summed E-state index contributed by atoms with van der Waals surface area (Å²) >= 11 is 0. The molecule has 6 fully saturated rings. The average molecular weight is 1030 g/mol. The second-order valence-electron chi connectivity index (χ2n) is 22.2. The van der Waals surface area contributed by atoms with Crippen LogP contribution >= 0.6 is 0 Å². The number of aromatic nitrogens is 2. The number of para-hydroxylation sites is 1. The lowest BCUT2D eigenvalue weighted by Crippen LogP contribution is -2.58. The predicted octanol–water partition coefficient (Wildman–Crippen LogP) is 8.38. The fourth-order valence-corrected chi connectivity index (χ4v) is 13.7. The van der Waals surface area contributed by atoms with E-state index in [0.717, 1.165) is 100 Å². The van der Waals surface area contributed by atoms with E-state index in [0.29, 0.717) is 80.7 Å². The summed E-state index contributed by atoms with van der Waals surface area (Å²) in [4.78, 5) is 41.2. The lowest BCUT2D eigenvalue weighted by Gasteiger charge is -2.57. The van der Waals surface area contributed by atoms with Crippen molar-refractivity contribution < 1.29 is 42.2 Å². The van der Waals surface area contributed by atoms with Gasteiger partial charge in [-0.3, -0.25) is 19.8 Å². The number of ether oxygens (including phenoxy) is 4. The van der Waals surface area contributed by atoms with Crippen molar-refractivity contribution in [2.24, 2.45) is 11.3 Å². The first-order chi connectivity index (χ1) is 35.8. The highest BCUT2D eigenvalue weighted by Gasteiger charge is 2.50. The number of nitrogens with zero attached hydrogens (tertiary/aromatic N) is 5. The van der Waals surface area contributed by atoms with E-state index in [2.05, 4.69) is 54.0 Å². The van der Waals surface area contributed by atoms with Gasteiger partial charge in [0.05, 0.1) is 64.7 Å². The third kappa shape index (κ3) is 9.54. The second kappa shape index (κ2) is 19.6. The fourth-order valence-electron chi connectivity index (χ4n) is 12.7. The van der Waals surface area contributed by atoms with Crippen LogP contribution in [0.15, 0.2) is 83.9 Å². The number of anilines is 4. The van der Waals surface area contributed by atoms with Crippen molar-refractivity contribution in [3.63, 3.8) is 0 Å². The van der Waals surface area contributed by atoms with Crippen LogP contribution in [0.4, 0.5) is 28.4 Å². The van der Waals surface area contributed by atoms with Crippen LogP contribution < -0.4 is 29.3 Å². The summed E-state index contributed by atoms with van der Waals surface area (Å²) in [5, 5.41) is 26.8. The van der Waals surface area contributed by atoms with Gasteiger partial charge in [0.2, 0.25) is 5.88 Å². The molecule has 0 unspecified atom stereocenters. The molecule has 18 nitrogen and oxygen atoms in total. The number of sulfonamides is 1. The van der Waals surface area contributed by atoms with Crippen LogP contribution in [0, 0.1) is 21.4 Å². The normalized spacial score (nSPS) is 26.3. The lowest BCUT2D eigenvalue weighted by molar-refractivity contribution is -0.384. The summed E-state index contributed by atoms with van der Waals surface area (Å²) in [7, 11) is -4.63. The zero-order chi connectivity index (χ0) is 50.8. The Morgan fingerprint density at radius 1 is 0.932 bits per heavy atom. The van der Waals surface area contributed by atoms with Crippen molar-refractivity contribution in [1.29, 1.82) is 0 Å². The van der Waals surface area contributed by atoms with Gasteiger partial charge in [-0.25, -0.2) is 13.1 Å². The van der Waals surface area contributed by atoms with Crippen LogP contribution in [-0.2, 0) is 19.5 Å². The number of nitrogens with one attached hydrogen (secondary N) is 3. The molecule has 3 atom stereocenters. The zero-order valence-corrected chi connectivity index (χ0v) is 42.7. The minimum absolute atomic E-state index is 0.110. The largest absolute Gasteiger partial charge is 0.490 e. The molecule has 19 heteroatoms. The monoisotopic (exact) mass is 1030 g/mol. The molecule has 1 spiro atoms. The van der Waals surface area contributed by atoms with E-state index in [1.165, 1.54) is 24.1 Å². The summed E-state index contributed by atoms with van der Waals surface area (Å²) in [6, 6.07) is 21.9. The first-order valence-electron chi connectivity index (χ1n) is 26.6. The first-order valence-corrected chi connectivity index (χ1v) is 28.1. The summed E-state index contributed by atoms with van der Waals surface area (Å²) in [5.74, 6) is 0.664. The van der Waals surface area contributed by atoms with E-state index in [1.807, 2.05) is 37.4 Å². The highest BCUT2D eigenvalue weighted by atomic mass is 32.2. The van der Waals surface area contributed by atoms with Crippen molar-refractivity contribution >= 4 is 55.4 Å². The van der Waals surface area contributed by atoms with Gasteiger partial charge in [0.15, 0.2) is 0 Å². The van der Waals surface area contributed by atoms with Gasteiger partial charge in [-0.2, -0.15) is 4.98 Å². The number of amides is 1. The van der Waals surface area contributed by atoms with Gasteiger partial charge in [0, 0.05) is 67.7 Å². The third-order valence-electron chi connectivity index (χ3n) is 17.3. The summed E-state index contributed by atoms with van der Waals surface area (Å²) in [5.41, 5.74) is 3.27. The van der Waals surface area contributed by atoms with Crippen LogP contribution in [0.3, 0.4) is 0 Å². The maximum absolute atomic E-state index is 14.7. The molecule has 7 aliphatic rings. The molecule has 4 N–H and O–H groups in total. The van der Waals surface area contributed by atoms with Gasteiger partial charge in [0.1, 0.15) is 28.9 Å². The number of pyridine rings is 1. The summed E-state index contributed by atoms with van der Waals surface area (Å²) in [6.45, 7) is 6.90. The molecule has 74 heavy (non-hydrogen) atoms. The van der Waals surface area contributed by atoms with E-state index in [1.54, 1.807) is 6.07 Å². The van der Waals surface area contributed by atoms with Gasteiger partial charge in [-0.1, -0.05) is 18.2 Å². The van der Waals surface area contributed by atoms with Gasteiger partial charge >= 0.3 is 0 Å². The Morgan fingerprint density at radius 2 is 1.73 bits per heavy atom. The molecule has 3 aromatic carbocycles. The van der Waals surface area contributed by atoms with Crippen molar-refractivity contribution in [1.82, 2.24) is 19.6 Å². The van der Waals surface area contributed by atoms with Crippen molar-refractivity contribution in [3.8, 4) is 11.6 Å². The van der Waals surface area contributed by atoms with E-state index >= 15 is 0 Å². The number of fused-ring (bicyclic) bond motifs is 3. The van der Waals surface area contributed by atoms with Gasteiger partial charge < -0.3 is 44.2 Å². The van der Waals surface area contributed by atoms with E-state index in [9.17, 15) is 28.4 Å². The number of morpholine rings is 1. The maximum atomic E-state index is 14.7. The number of nitro groups is 1. The number of aliphatic hydroxyl groups is 1. The second-order valence-corrected chi connectivity index (χ2v) is 23.8. The lowest BCUT2D eigenvalue weighted by atomic mass is 9.59. The van der Waals surface area contributed by atoms with Crippen molar-refractivity contribution in [2.45, 2.75) is 125 Å².